The van der Waals surface area contributed by atoms with E-state index in [4.69, 9.17) is 10.5 Å². The van der Waals surface area contributed by atoms with Crippen LogP contribution in [-0.4, -0.2) is 49.6 Å². The highest BCUT2D eigenvalue weighted by Crippen LogP contribution is 2.23. The minimum absolute atomic E-state index is 0.0543. The van der Waals surface area contributed by atoms with Crippen molar-refractivity contribution in [2.45, 2.75) is 25.9 Å². The van der Waals surface area contributed by atoms with Crippen molar-refractivity contribution in [2.75, 3.05) is 30.0 Å². The molecule has 8 nitrogen and oxygen atoms in total. The van der Waals surface area contributed by atoms with Crippen molar-refractivity contribution in [3.63, 3.8) is 0 Å². The predicted octanol–water partition coefficient (Wildman–Crippen LogP) is -0.0207. The molecule has 0 spiro atoms. The topological polar surface area (TPSA) is 114 Å². The van der Waals surface area contributed by atoms with Crippen LogP contribution in [-0.2, 0) is 19.1 Å². The zero-order valence-corrected chi connectivity index (χ0v) is 14.0. The molecule has 0 bridgehead atoms. The van der Waals surface area contributed by atoms with Gasteiger partial charge in [-0.25, -0.2) is 4.39 Å². The number of benzene rings is 1. The molecule has 0 unspecified atom stereocenters. The van der Waals surface area contributed by atoms with E-state index in [0.717, 1.165) is 6.07 Å². The Morgan fingerprint density at radius 1 is 1.36 bits per heavy atom. The maximum Gasteiger partial charge on any atom is 0.253 e. The number of halogens is 1. The number of primary amides is 1. The van der Waals surface area contributed by atoms with Crippen LogP contribution in [0.25, 0.3) is 0 Å². The standard InChI is InChI=1S/C16H21FN4O4/c1-9(2)19-14(15(18)23)16(24)20-12-4-3-10(7-11(12)17)21-5-6-25-8-13(21)22/h3-4,7,9,14,19H,5-6,8H2,1-2H3,(H2,18,23)(H,20,24)/t14-/m0/s1. The van der Waals surface area contributed by atoms with Crippen LogP contribution in [0.5, 0.6) is 0 Å². The minimum Gasteiger partial charge on any atom is -0.370 e. The molecule has 9 heteroatoms. The maximum absolute atomic E-state index is 14.3. The van der Waals surface area contributed by atoms with Crippen LogP contribution in [0, 0.1) is 5.82 Å². The van der Waals surface area contributed by atoms with Gasteiger partial charge in [0.1, 0.15) is 12.4 Å². The number of nitrogens with one attached hydrogen (secondary N) is 2. The molecule has 1 aliphatic rings. The molecule has 1 fully saturated rings. The number of rotatable bonds is 6. The molecule has 0 radical (unpaired) electrons. The Balaban J connectivity index is 2.13. The number of nitrogens with two attached hydrogens (primary N) is 1. The van der Waals surface area contributed by atoms with Gasteiger partial charge in [0.2, 0.25) is 5.91 Å². The Hall–Kier alpha value is -2.52. The van der Waals surface area contributed by atoms with Crippen molar-refractivity contribution in [3.8, 4) is 0 Å². The summed E-state index contributed by atoms with van der Waals surface area (Å²) in [6, 6.07) is 2.55. The van der Waals surface area contributed by atoms with Crippen molar-refractivity contribution >= 4 is 29.1 Å². The van der Waals surface area contributed by atoms with Gasteiger partial charge in [-0.05, 0) is 32.0 Å². The lowest BCUT2D eigenvalue weighted by Crippen LogP contribution is -2.52. The van der Waals surface area contributed by atoms with Gasteiger partial charge in [-0.1, -0.05) is 0 Å². The van der Waals surface area contributed by atoms with E-state index < -0.39 is 23.7 Å². The monoisotopic (exact) mass is 352 g/mol. The summed E-state index contributed by atoms with van der Waals surface area (Å²) in [6.45, 7) is 4.14. The first-order chi connectivity index (χ1) is 11.8. The zero-order valence-electron chi connectivity index (χ0n) is 14.0. The Kier molecular flexibility index (Phi) is 6.05. The first kappa shape index (κ1) is 18.8. The summed E-state index contributed by atoms with van der Waals surface area (Å²) in [5.74, 6) is -2.60. The van der Waals surface area contributed by atoms with E-state index >= 15 is 0 Å². The number of hydrogen-bond donors (Lipinski definition) is 3. The normalized spacial score (nSPS) is 16.0. The molecule has 0 saturated carbocycles. The molecule has 136 valence electrons. The third-order valence-electron chi connectivity index (χ3n) is 3.55. The SMILES string of the molecule is CC(C)N[C@@H](C(N)=O)C(=O)Nc1ccc(N2CCOCC2=O)cc1F. The fourth-order valence-electron chi connectivity index (χ4n) is 2.39. The van der Waals surface area contributed by atoms with Gasteiger partial charge in [0.15, 0.2) is 6.04 Å². The maximum atomic E-state index is 14.3. The summed E-state index contributed by atoms with van der Waals surface area (Å²) < 4.78 is 19.3. The molecule has 1 aromatic carbocycles. The number of hydrogen-bond acceptors (Lipinski definition) is 5. The molecule has 1 heterocycles. The minimum atomic E-state index is -1.28. The second kappa shape index (κ2) is 8.04. The lowest BCUT2D eigenvalue weighted by molar-refractivity contribution is -0.128. The molecular weight excluding hydrogens is 331 g/mol. The zero-order chi connectivity index (χ0) is 18.6. The van der Waals surface area contributed by atoms with Crippen molar-refractivity contribution in [1.29, 1.82) is 0 Å². The molecular formula is C16H21FN4O4. The van der Waals surface area contributed by atoms with E-state index in [2.05, 4.69) is 10.6 Å². The Bertz CT molecular complexity index is 680. The molecule has 1 aromatic rings. The smallest absolute Gasteiger partial charge is 0.253 e. The van der Waals surface area contributed by atoms with Crippen LogP contribution >= 0.6 is 0 Å². The predicted molar refractivity (Wildman–Crippen MR) is 89.5 cm³/mol. The molecule has 1 atom stereocenters. The highest BCUT2D eigenvalue weighted by Gasteiger charge is 2.26. The number of carbonyl (C=O) groups is 3. The van der Waals surface area contributed by atoms with E-state index in [1.54, 1.807) is 13.8 Å². The molecule has 0 aromatic heterocycles. The summed E-state index contributed by atoms with van der Waals surface area (Å²) in [4.78, 5) is 36.7. The molecule has 1 aliphatic heterocycles. The molecule has 1 saturated heterocycles. The van der Waals surface area contributed by atoms with Crippen LogP contribution in [0.15, 0.2) is 18.2 Å². The first-order valence-corrected chi connectivity index (χ1v) is 7.83. The van der Waals surface area contributed by atoms with Gasteiger partial charge in [-0.3, -0.25) is 19.7 Å². The average molecular weight is 352 g/mol. The number of anilines is 2. The van der Waals surface area contributed by atoms with Gasteiger partial charge in [0.05, 0.1) is 12.3 Å². The van der Waals surface area contributed by atoms with Gasteiger partial charge < -0.3 is 20.7 Å². The van der Waals surface area contributed by atoms with Gasteiger partial charge in [0.25, 0.3) is 11.8 Å². The summed E-state index contributed by atoms with van der Waals surface area (Å²) >= 11 is 0. The van der Waals surface area contributed by atoms with E-state index in [-0.39, 0.29) is 24.2 Å². The van der Waals surface area contributed by atoms with E-state index in [0.29, 0.717) is 18.8 Å². The van der Waals surface area contributed by atoms with Crippen LogP contribution in [0.3, 0.4) is 0 Å². The van der Waals surface area contributed by atoms with Crippen LogP contribution < -0.4 is 21.3 Å². The summed E-state index contributed by atoms with van der Waals surface area (Å²) in [5.41, 5.74) is 5.47. The Morgan fingerprint density at radius 2 is 2.08 bits per heavy atom. The molecule has 4 N–H and O–H groups in total. The largest absolute Gasteiger partial charge is 0.370 e. The number of amides is 3. The first-order valence-electron chi connectivity index (χ1n) is 7.83. The third kappa shape index (κ3) is 4.74. The number of carbonyl (C=O) groups excluding carboxylic acids is 3. The van der Waals surface area contributed by atoms with Gasteiger partial charge >= 0.3 is 0 Å². The van der Waals surface area contributed by atoms with Crippen molar-refractivity contribution < 1.29 is 23.5 Å². The Morgan fingerprint density at radius 3 is 2.64 bits per heavy atom. The average Bonchev–Trinajstić information content (AvgIpc) is 2.54. The summed E-state index contributed by atoms with van der Waals surface area (Å²) in [5, 5.41) is 5.04. The summed E-state index contributed by atoms with van der Waals surface area (Å²) in [6.07, 6.45) is 0. The number of ether oxygens (including phenoxy) is 1. The van der Waals surface area contributed by atoms with Gasteiger partial charge in [-0.15, -0.1) is 0 Å². The molecule has 2 rings (SSSR count). The third-order valence-corrected chi connectivity index (χ3v) is 3.55. The lowest BCUT2D eigenvalue weighted by Gasteiger charge is -2.27. The fraction of sp³-hybridized carbons (Fsp3) is 0.438. The second-order valence-corrected chi connectivity index (χ2v) is 5.91. The highest BCUT2D eigenvalue weighted by atomic mass is 19.1. The molecule has 0 aliphatic carbocycles. The van der Waals surface area contributed by atoms with Gasteiger partial charge in [0, 0.05) is 18.3 Å². The molecule has 3 amide bonds. The highest BCUT2D eigenvalue weighted by molar-refractivity contribution is 6.09. The quantitative estimate of drug-likeness (QED) is 0.623. The van der Waals surface area contributed by atoms with Crippen molar-refractivity contribution in [1.82, 2.24) is 5.32 Å². The number of nitrogens with zero attached hydrogens (tertiary/aromatic N) is 1. The van der Waals surface area contributed by atoms with Crippen molar-refractivity contribution in [2.24, 2.45) is 5.73 Å². The van der Waals surface area contributed by atoms with E-state index in [1.807, 2.05) is 0 Å². The van der Waals surface area contributed by atoms with E-state index in [9.17, 15) is 18.8 Å². The lowest BCUT2D eigenvalue weighted by atomic mass is 10.2. The van der Waals surface area contributed by atoms with Gasteiger partial charge in [-0.2, -0.15) is 0 Å². The Labute approximate surface area is 144 Å². The van der Waals surface area contributed by atoms with Crippen LogP contribution in [0.1, 0.15) is 13.8 Å². The second-order valence-electron chi connectivity index (χ2n) is 5.91. The number of morpholine rings is 1. The van der Waals surface area contributed by atoms with Crippen molar-refractivity contribution in [3.05, 3.63) is 24.0 Å². The van der Waals surface area contributed by atoms with E-state index in [1.165, 1.54) is 17.0 Å². The summed E-state index contributed by atoms with van der Waals surface area (Å²) in [7, 11) is 0. The fourth-order valence-corrected chi connectivity index (χ4v) is 2.39. The van der Waals surface area contributed by atoms with Crippen LogP contribution in [0.2, 0.25) is 0 Å². The molecule has 25 heavy (non-hydrogen) atoms. The van der Waals surface area contributed by atoms with Crippen LogP contribution in [0.4, 0.5) is 15.8 Å².